The zero-order valence-corrected chi connectivity index (χ0v) is 8.90. The Morgan fingerprint density at radius 3 is 2.43 bits per heavy atom. The van der Waals surface area contributed by atoms with E-state index in [1.54, 1.807) is 0 Å². The second kappa shape index (κ2) is 5.56. The van der Waals surface area contributed by atoms with Crippen LogP contribution >= 0.6 is 54.5 Å². The number of alkyl halides is 2. The minimum atomic E-state index is 0.490. The summed E-state index contributed by atoms with van der Waals surface area (Å²) >= 11 is 8.91. The lowest BCUT2D eigenvalue weighted by Crippen LogP contribution is -1.89. The van der Waals surface area contributed by atoms with Gasteiger partial charge in [0.05, 0.1) is 0 Å². The summed E-state index contributed by atoms with van der Waals surface area (Å²) in [7, 11) is 0. The molecule has 0 aliphatic rings. The Bertz CT molecular complexity index is 62.7. The Labute approximate surface area is 74.1 Å². The quantitative estimate of drug-likeness (QED) is 0.536. The summed E-state index contributed by atoms with van der Waals surface area (Å²) < 4.78 is 2.00. The van der Waals surface area contributed by atoms with Gasteiger partial charge in [0, 0.05) is 10.2 Å². The molecule has 0 saturated heterocycles. The van der Waals surface area contributed by atoms with Gasteiger partial charge in [-0.25, -0.2) is 0 Å². The fourth-order valence-electron chi connectivity index (χ4n) is 0.130. The van der Waals surface area contributed by atoms with Crippen LogP contribution in [-0.4, -0.2) is 10.2 Å². The summed E-state index contributed by atoms with van der Waals surface area (Å²) in [5.74, 6) is 0. The Morgan fingerprint density at radius 1 is 1.71 bits per heavy atom. The molecule has 0 aliphatic carbocycles. The van der Waals surface area contributed by atoms with E-state index in [0.29, 0.717) is 4.83 Å². The average molecular weight is 340 g/mol. The van der Waals surface area contributed by atoms with Crippen molar-refractivity contribution in [1.29, 1.82) is 0 Å². The van der Waals surface area contributed by atoms with Gasteiger partial charge >= 0.3 is 0 Å². The first kappa shape index (κ1) is 8.43. The molecule has 1 unspecified atom stereocenters. The van der Waals surface area contributed by atoms with Crippen molar-refractivity contribution in [2.75, 3.05) is 5.33 Å². The third kappa shape index (κ3) is 5.30. The molecule has 0 rings (SSSR count). The van der Waals surface area contributed by atoms with E-state index in [9.17, 15) is 0 Å². The van der Waals surface area contributed by atoms with Crippen molar-refractivity contribution in [1.82, 2.24) is 0 Å². The van der Waals surface area contributed by atoms with Crippen LogP contribution in [0.4, 0.5) is 0 Å². The molecule has 42 valence electrons. The predicted molar refractivity (Wildman–Crippen MR) is 49.7 cm³/mol. The summed E-state index contributed by atoms with van der Waals surface area (Å²) in [4.78, 5) is 0.490. The van der Waals surface area contributed by atoms with Crippen LogP contribution in [0.25, 0.3) is 0 Å². The summed E-state index contributed by atoms with van der Waals surface area (Å²) in [6.07, 6.45) is 2.08. The third-order valence-electron chi connectivity index (χ3n) is 0.429. The van der Waals surface area contributed by atoms with Gasteiger partial charge in [0.15, 0.2) is 0 Å². The van der Waals surface area contributed by atoms with Crippen LogP contribution in [0.2, 0.25) is 0 Å². The lowest BCUT2D eigenvalue weighted by atomic mass is 10.5. The molecule has 0 aliphatic heterocycles. The average Bonchev–Trinajstić information content (AvgIpc) is 1.68. The van der Waals surface area contributed by atoms with Gasteiger partial charge < -0.3 is 0 Å². The lowest BCUT2D eigenvalue weighted by Gasteiger charge is -1.91. The van der Waals surface area contributed by atoms with Crippen molar-refractivity contribution < 1.29 is 0 Å². The zero-order chi connectivity index (χ0) is 5.70. The van der Waals surface area contributed by atoms with E-state index in [2.05, 4.69) is 60.5 Å². The minimum absolute atomic E-state index is 0.490. The normalized spacial score (nSPS) is 15.3. The smallest absolute Gasteiger partial charge is 0.0429 e. The molecule has 0 radical (unpaired) electrons. The van der Waals surface area contributed by atoms with E-state index in [1.807, 2.05) is 4.08 Å². The van der Waals surface area contributed by atoms with Crippen molar-refractivity contribution in [3.05, 3.63) is 10.2 Å². The Hall–Kier alpha value is 1.43. The fourth-order valence-corrected chi connectivity index (χ4v) is 1.57. The summed E-state index contributed by atoms with van der Waals surface area (Å²) in [6.45, 7) is 0. The third-order valence-corrected chi connectivity index (χ3v) is 3.04. The molecule has 0 heterocycles. The Kier molecular flexibility index (Phi) is 6.70. The predicted octanol–water partition coefficient (Wildman–Crippen LogP) is 3.09. The number of rotatable bonds is 2. The van der Waals surface area contributed by atoms with E-state index in [-0.39, 0.29) is 0 Å². The second-order valence-electron chi connectivity index (χ2n) is 0.989. The molecule has 3 heteroatoms. The first-order chi connectivity index (χ1) is 3.31. The highest BCUT2D eigenvalue weighted by atomic mass is 127. The molecule has 0 aromatic rings. The monoisotopic (exact) mass is 338 g/mol. The molecule has 0 spiro atoms. The van der Waals surface area contributed by atoms with Crippen LogP contribution in [0.3, 0.4) is 0 Å². The van der Waals surface area contributed by atoms with Crippen LogP contribution in [0.1, 0.15) is 0 Å². The Morgan fingerprint density at radius 2 is 2.29 bits per heavy atom. The van der Waals surface area contributed by atoms with E-state index >= 15 is 0 Å². The molecule has 0 aromatic heterocycles. The number of hydrogen-bond acceptors (Lipinski definition) is 0. The molecule has 0 bridgehead atoms. The van der Waals surface area contributed by atoms with Crippen LogP contribution in [0.15, 0.2) is 10.2 Å². The van der Waals surface area contributed by atoms with Gasteiger partial charge in [0.2, 0.25) is 0 Å². The molecule has 0 saturated carbocycles. The van der Waals surface area contributed by atoms with Crippen molar-refractivity contribution in [2.24, 2.45) is 0 Å². The first-order valence-corrected chi connectivity index (χ1v) is 5.06. The Balaban J connectivity index is 3.16. The van der Waals surface area contributed by atoms with Crippen molar-refractivity contribution >= 4 is 54.5 Å². The highest BCUT2D eigenvalue weighted by Crippen LogP contribution is 2.05. The number of allylic oxidation sites excluding steroid dienone is 1. The van der Waals surface area contributed by atoms with Crippen molar-refractivity contribution in [3.8, 4) is 0 Å². The van der Waals surface area contributed by atoms with Crippen molar-refractivity contribution in [3.63, 3.8) is 0 Å². The molecular weight excluding hydrogens is 335 g/mol. The van der Waals surface area contributed by atoms with E-state index < -0.39 is 0 Å². The molecule has 0 amide bonds. The van der Waals surface area contributed by atoms with Gasteiger partial charge in [0.1, 0.15) is 0 Å². The molecule has 7 heavy (non-hydrogen) atoms. The number of hydrogen-bond donors (Lipinski definition) is 0. The summed E-state index contributed by atoms with van der Waals surface area (Å²) in [6, 6.07) is 0. The highest BCUT2D eigenvalue weighted by molar-refractivity contribution is 14.1. The first-order valence-electron chi connectivity index (χ1n) is 1.78. The van der Waals surface area contributed by atoms with Gasteiger partial charge in [0.25, 0.3) is 0 Å². The van der Waals surface area contributed by atoms with Crippen LogP contribution < -0.4 is 0 Å². The minimum Gasteiger partial charge on any atom is -0.0913 e. The summed E-state index contributed by atoms with van der Waals surface area (Å²) in [5.41, 5.74) is 0. The maximum Gasteiger partial charge on any atom is 0.0429 e. The lowest BCUT2D eigenvalue weighted by molar-refractivity contribution is 1.32. The van der Waals surface area contributed by atoms with Gasteiger partial charge in [-0.1, -0.05) is 60.5 Å². The molecule has 0 N–H and O–H groups in total. The number of halogens is 3. The molecule has 0 nitrogen and oxygen atoms in total. The van der Waals surface area contributed by atoms with Gasteiger partial charge in [-0.05, 0) is 4.08 Å². The van der Waals surface area contributed by atoms with Crippen LogP contribution in [-0.2, 0) is 0 Å². The maximum atomic E-state index is 3.40. The molecule has 1 atom stereocenters. The highest BCUT2D eigenvalue weighted by Gasteiger charge is 1.90. The fraction of sp³-hybridized carbons (Fsp3) is 0.500. The topological polar surface area (TPSA) is 0 Å². The van der Waals surface area contributed by atoms with Crippen LogP contribution in [0, 0.1) is 0 Å². The van der Waals surface area contributed by atoms with E-state index in [4.69, 9.17) is 0 Å². The van der Waals surface area contributed by atoms with E-state index in [0.717, 1.165) is 5.33 Å². The molecule has 0 aromatic carbocycles. The zero-order valence-electron chi connectivity index (χ0n) is 3.57. The second-order valence-corrected chi connectivity index (χ2v) is 3.53. The van der Waals surface area contributed by atoms with Gasteiger partial charge in [-0.2, -0.15) is 0 Å². The van der Waals surface area contributed by atoms with Gasteiger partial charge in [-0.3, -0.25) is 0 Å². The SMILES string of the molecule is BrCC(Br)C=CI. The molecular formula is C4H5Br2I. The largest absolute Gasteiger partial charge is 0.0913 e. The van der Waals surface area contributed by atoms with E-state index in [1.165, 1.54) is 0 Å². The summed E-state index contributed by atoms with van der Waals surface area (Å²) in [5, 5.41) is 0.979. The van der Waals surface area contributed by atoms with Gasteiger partial charge in [-0.15, -0.1) is 0 Å². The molecule has 0 fully saturated rings. The standard InChI is InChI=1S/C4H5Br2I/c5-3-4(6)1-2-7/h1-2,4H,3H2. The van der Waals surface area contributed by atoms with Crippen molar-refractivity contribution in [2.45, 2.75) is 4.83 Å². The maximum absolute atomic E-state index is 3.40. The van der Waals surface area contributed by atoms with Crippen LogP contribution in [0.5, 0.6) is 0 Å².